The largest absolute Gasteiger partial charge is 0.416 e. The summed E-state index contributed by atoms with van der Waals surface area (Å²) in [4.78, 5) is 0. The summed E-state index contributed by atoms with van der Waals surface area (Å²) < 4.78 is 39.0. The Hall–Kier alpha value is -0.550. The summed E-state index contributed by atoms with van der Waals surface area (Å²) in [6, 6.07) is 3.97. The number of hydrogen-bond donors (Lipinski definition) is 1. The summed E-state index contributed by atoms with van der Waals surface area (Å²) in [6.07, 6.45) is -3.43. The minimum absolute atomic E-state index is 0.286. The fourth-order valence-corrected chi connectivity index (χ4v) is 1.98. The van der Waals surface area contributed by atoms with Gasteiger partial charge in [0.25, 0.3) is 0 Å². The van der Waals surface area contributed by atoms with E-state index in [0.717, 1.165) is 12.5 Å². The predicted molar refractivity (Wildman–Crippen MR) is 65.9 cm³/mol. The van der Waals surface area contributed by atoms with Gasteiger partial charge in [-0.2, -0.15) is 13.2 Å². The van der Waals surface area contributed by atoms with Crippen LogP contribution in [0.25, 0.3) is 0 Å². The van der Waals surface area contributed by atoms with Gasteiger partial charge in [-0.1, -0.05) is 28.9 Å². The Kier molecular flexibility index (Phi) is 5.01. The molecule has 1 aromatic carbocycles. The first-order valence-corrected chi connectivity index (χ1v) is 6.25. The van der Waals surface area contributed by atoms with E-state index in [4.69, 9.17) is 0 Å². The predicted octanol–water partition coefficient (Wildman–Crippen LogP) is 4.53. The first-order valence-electron chi connectivity index (χ1n) is 5.46. The van der Waals surface area contributed by atoms with E-state index in [-0.39, 0.29) is 11.6 Å². The van der Waals surface area contributed by atoms with Crippen LogP contribution in [0.4, 0.5) is 13.2 Å². The Morgan fingerprint density at radius 1 is 1.35 bits per heavy atom. The standard InChI is InChI=1S/C12H15BrF3N/c1-3-6-17-8(2)10-5-4-9(13)7-11(10)12(14,15)16/h4-5,7-8,17H,3,6H2,1-2H3. The molecule has 17 heavy (non-hydrogen) atoms. The van der Waals surface area contributed by atoms with Gasteiger partial charge in [0.2, 0.25) is 0 Å². The highest BCUT2D eigenvalue weighted by Gasteiger charge is 2.34. The van der Waals surface area contributed by atoms with Crippen molar-refractivity contribution in [3.05, 3.63) is 33.8 Å². The van der Waals surface area contributed by atoms with Gasteiger partial charge < -0.3 is 5.32 Å². The van der Waals surface area contributed by atoms with Crippen LogP contribution in [0.5, 0.6) is 0 Å². The lowest BCUT2D eigenvalue weighted by atomic mass is 10.0. The second-order valence-corrected chi connectivity index (χ2v) is 4.82. The number of halogens is 4. The zero-order chi connectivity index (χ0) is 13.1. The number of nitrogens with one attached hydrogen (secondary N) is 1. The van der Waals surface area contributed by atoms with Gasteiger partial charge in [-0.15, -0.1) is 0 Å². The molecule has 0 aliphatic rings. The van der Waals surface area contributed by atoms with Crippen molar-refractivity contribution in [2.45, 2.75) is 32.5 Å². The van der Waals surface area contributed by atoms with E-state index < -0.39 is 11.7 Å². The Balaban J connectivity index is 3.06. The van der Waals surface area contributed by atoms with Crippen molar-refractivity contribution in [1.82, 2.24) is 5.32 Å². The molecule has 1 unspecified atom stereocenters. The summed E-state index contributed by atoms with van der Waals surface area (Å²) in [5.74, 6) is 0. The fraction of sp³-hybridized carbons (Fsp3) is 0.500. The third kappa shape index (κ3) is 4.00. The molecule has 0 saturated heterocycles. The van der Waals surface area contributed by atoms with E-state index in [9.17, 15) is 13.2 Å². The Morgan fingerprint density at radius 3 is 2.53 bits per heavy atom. The summed E-state index contributed by atoms with van der Waals surface area (Å²) in [5, 5.41) is 3.07. The van der Waals surface area contributed by atoms with Crippen LogP contribution in [-0.4, -0.2) is 6.54 Å². The highest BCUT2D eigenvalue weighted by molar-refractivity contribution is 9.10. The van der Waals surface area contributed by atoms with Gasteiger partial charge in [0.1, 0.15) is 0 Å². The zero-order valence-electron chi connectivity index (χ0n) is 9.74. The zero-order valence-corrected chi connectivity index (χ0v) is 11.3. The Morgan fingerprint density at radius 2 is 2.00 bits per heavy atom. The summed E-state index contributed by atoms with van der Waals surface area (Å²) in [6.45, 7) is 4.43. The molecule has 0 radical (unpaired) electrons. The molecule has 1 rings (SSSR count). The van der Waals surface area contributed by atoms with Gasteiger partial charge in [-0.25, -0.2) is 0 Å². The van der Waals surface area contributed by atoms with E-state index in [1.807, 2.05) is 6.92 Å². The number of hydrogen-bond acceptors (Lipinski definition) is 1. The average Bonchev–Trinajstić information content (AvgIpc) is 2.24. The molecule has 0 fully saturated rings. The number of benzene rings is 1. The summed E-state index contributed by atoms with van der Waals surface area (Å²) in [7, 11) is 0. The molecule has 0 aliphatic carbocycles. The molecule has 1 nitrogen and oxygen atoms in total. The van der Waals surface area contributed by atoms with Gasteiger partial charge in [-0.05, 0) is 37.6 Å². The van der Waals surface area contributed by atoms with Crippen molar-refractivity contribution < 1.29 is 13.2 Å². The third-order valence-corrected chi connectivity index (χ3v) is 2.98. The van der Waals surface area contributed by atoms with E-state index in [1.54, 1.807) is 13.0 Å². The van der Waals surface area contributed by atoms with Crippen molar-refractivity contribution >= 4 is 15.9 Å². The topological polar surface area (TPSA) is 12.0 Å². The average molecular weight is 310 g/mol. The lowest BCUT2D eigenvalue weighted by Gasteiger charge is -2.19. The molecule has 0 spiro atoms. The lowest BCUT2D eigenvalue weighted by molar-refractivity contribution is -0.138. The maximum Gasteiger partial charge on any atom is 0.416 e. The second-order valence-electron chi connectivity index (χ2n) is 3.91. The summed E-state index contributed by atoms with van der Waals surface area (Å²) in [5.41, 5.74) is -0.294. The van der Waals surface area contributed by atoms with Crippen LogP contribution in [0, 0.1) is 0 Å². The van der Waals surface area contributed by atoms with Gasteiger partial charge in [0.15, 0.2) is 0 Å². The molecule has 96 valence electrons. The van der Waals surface area contributed by atoms with E-state index in [0.29, 0.717) is 11.0 Å². The van der Waals surface area contributed by atoms with Crippen molar-refractivity contribution in [2.75, 3.05) is 6.54 Å². The van der Waals surface area contributed by atoms with E-state index in [2.05, 4.69) is 21.2 Å². The molecule has 1 atom stereocenters. The highest BCUT2D eigenvalue weighted by Crippen LogP contribution is 2.36. The Bertz CT molecular complexity index is 377. The maximum atomic E-state index is 12.9. The number of alkyl halides is 3. The van der Waals surface area contributed by atoms with Crippen LogP contribution in [0.3, 0.4) is 0 Å². The van der Waals surface area contributed by atoms with E-state index in [1.165, 1.54) is 6.07 Å². The molecule has 1 N–H and O–H groups in total. The van der Waals surface area contributed by atoms with E-state index >= 15 is 0 Å². The molecule has 0 heterocycles. The van der Waals surface area contributed by atoms with Crippen LogP contribution in [0.15, 0.2) is 22.7 Å². The number of rotatable bonds is 4. The fourth-order valence-electron chi connectivity index (χ4n) is 1.62. The molecule has 5 heteroatoms. The molecule has 1 aromatic rings. The first-order chi connectivity index (χ1) is 7.86. The second kappa shape index (κ2) is 5.87. The van der Waals surface area contributed by atoms with Gasteiger partial charge in [0, 0.05) is 10.5 Å². The normalized spacial score (nSPS) is 13.8. The maximum absolute atomic E-state index is 12.9. The monoisotopic (exact) mass is 309 g/mol. The van der Waals surface area contributed by atoms with Crippen molar-refractivity contribution in [3.8, 4) is 0 Å². The van der Waals surface area contributed by atoms with Crippen LogP contribution >= 0.6 is 15.9 Å². The molecule has 0 amide bonds. The molecule has 0 saturated carbocycles. The third-order valence-electron chi connectivity index (χ3n) is 2.49. The van der Waals surface area contributed by atoms with Crippen LogP contribution in [0.2, 0.25) is 0 Å². The first kappa shape index (κ1) is 14.5. The SMILES string of the molecule is CCCNC(C)c1ccc(Br)cc1C(F)(F)F. The van der Waals surface area contributed by atoms with Crippen LogP contribution in [-0.2, 0) is 6.18 Å². The van der Waals surface area contributed by atoms with Crippen molar-refractivity contribution in [2.24, 2.45) is 0 Å². The van der Waals surface area contributed by atoms with Crippen molar-refractivity contribution in [3.63, 3.8) is 0 Å². The minimum Gasteiger partial charge on any atom is -0.310 e. The lowest BCUT2D eigenvalue weighted by Crippen LogP contribution is -2.22. The summed E-state index contributed by atoms with van der Waals surface area (Å²) >= 11 is 3.07. The quantitative estimate of drug-likeness (QED) is 0.861. The molecule has 0 aromatic heterocycles. The van der Waals surface area contributed by atoms with Gasteiger partial charge >= 0.3 is 6.18 Å². The van der Waals surface area contributed by atoms with Gasteiger partial charge in [-0.3, -0.25) is 0 Å². The smallest absolute Gasteiger partial charge is 0.310 e. The minimum atomic E-state index is -4.32. The van der Waals surface area contributed by atoms with Crippen molar-refractivity contribution in [1.29, 1.82) is 0 Å². The molecular weight excluding hydrogens is 295 g/mol. The van der Waals surface area contributed by atoms with Gasteiger partial charge in [0.05, 0.1) is 5.56 Å². The molecule has 0 aliphatic heterocycles. The highest BCUT2D eigenvalue weighted by atomic mass is 79.9. The molecular formula is C12H15BrF3N. The Labute approximate surface area is 108 Å². The molecule has 0 bridgehead atoms. The van der Waals surface area contributed by atoms with Crippen LogP contribution in [0.1, 0.15) is 37.4 Å². The van der Waals surface area contributed by atoms with Crippen LogP contribution < -0.4 is 5.32 Å².